The average Bonchev–Trinajstić information content (AvgIpc) is 3.03. The smallest absolute Gasteiger partial charge is 0.154 e. The van der Waals surface area contributed by atoms with Gasteiger partial charge in [-0.05, 0) is 37.3 Å². The molecule has 110 valence electrons. The Kier molecular flexibility index (Phi) is 4.86. The fourth-order valence-electron chi connectivity index (χ4n) is 2.72. The Bertz CT molecular complexity index is 416. The Labute approximate surface area is 115 Å². The fraction of sp³-hybridized carbons (Fsp3) is 0.846. The highest BCUT2D eigenvalue weighted by Crippen LogP contribution is 2.56. The van der Waals surface area contributed by atoms with Gasteiger partial charge in [0.05, 0.1) is 17.6 Å². The summed E-state index contributed by atoms with van der Waals surface area (Å²) in [7, 11) is -2.86. The molecule has 1 unspecified atom stereocenters. The van der Waals surface area contributed by atoms with E-state index in [4.69, 9.17) is 5.11 Å². The van der Waals surface area contributed by atoms with Crippen LogP contribution in [0.15, 0.2) is 12.3 Å². The first-order valence-corrected chi connectivity index (χ1v) is 8.71. The van der Waals surface area contributed by atoms with Crippen molar-refractivity contribution >= 4 is 9.84 Å². The number of hydrogen-bond donors (Lipinski definition) is 3. The number of aliphatic hydroxyl groups is 1. The predicted octanol–water partition coefficient (Wildman–Crippen LogP) is 0.0290. The lowest BCUT2D eigenvalue weighted by atomic mass is 10.0. The molecule has 0 aromatic rings. The van der Waals surface area contributed by atoms with Gasteiger partial charge in [0.1, 0.15) is 0 Å². The first-order valence-electron chi connectivity index (χ1n) is 7.00. The van der Waals surface area contributed by atoms with E-state index in [2.05, 4.69) is 10.6 Å². The van der Waals surface area contributed by atoms with Crippen molar-refractivity contribution in [3.8, 4) is 0 Å². The molecule has 1 aliphatic carbocycles. The molecule has 5 nitrogen and oxygen atoms in total. The lowest BCUT2D eigenvalue weighted by Crippen LogP contribution is -2.26. The van der Waals surface area contributed by atoms with E-state index >= 15 is 0 Å². The molecule has 2 rings (SSSR count). The third-order valence-electron chi connectivity index (χ3n) is 4.00. The van der Waals surface area contributed by atoms with Crippen molar-refractivity contribution in [1.82, 2.24) is 10.6 Å². The van der Waals surface area contributed by atoms with Crippen LogP contribution in [0.5, 0.6) is 0 Å². The predicted molar refractivity (Wildman–Crippen MR) is 75.6 cm³/mol. The molecular weight excluding hydrogens is 264 g/mol. The van der Waals surface area contributed by atoms with Crippen molar-refractivity contribution in [3.63, 3.8) is 0 Å². The van der Waals surface area contributed by atoms with E-state index in [1.54, 1.807) is 0 Å². The summed E-state index contributed by atoms with van der Waals surface area (Å²) in [6.07, 6.45) is 7.45. The second-order valence-electron chi connectivity index (χ2n) is 5.70. The lowest BCUT2D eigenvalue weighted by molar-refractivity contribution is 0.293. The second kappa shape index (κ2) is 6.24. The summed E-state index contributed by atoms with van der Waals surface area (Å²) in [5, 5.41) is 14.6. The van der Waals surface area contributed by atoms with Crippen LogP contribution >= 0.6 is 0 Å². The third kappa shape index (κ3) is 4.19. The van der Waals surface area contributed by atoms with Gasteiger partial charge >= 0.3 is 0 Å². The molecule has 1 spiro atoms. The van der Waals surface area contributed by atoms with Crippen LogP contribution in [-0.4, -0.2) is 50.8 Å². The van der Waals surface area contributed by atoms with Gasteiger partial charge in [0.15, 0.2) is 9.84 Å². The molecular formula is C13H24N2O3S. The highest BCUT2D eigenvalue weighted by molar-refractivity contribution is 7.92. The number of sulfone groups is 1. The standard InChI is InChI=1S/C13H24N2O3S/c16-9-8-15-7-6-14-5-1-2-12-10-13(3-4-13)11-19(12,17)18/h1,5,12,14-16H,2-4,6-11H2/b5-1+. The zero-order valence-corrected chi connectivity index (χ0v) is 12.1. The van der Waals surface area contributed by atoms with Crippen LogP contribution in [0.1, 0.15) is 25.7 Å². The van der Waals surface area contributed by atoms with E-state index in [9.17, 15) is 8.42 Å². The van der Waals surface area contributed by atoms with Gasteiger partial charge in [-0.1, -0.05) is 6.08 Å². The zero-order valence-electron chi connectivity index (χ0n) is 11.3. The van der Waals surface area contributed by atoms with Gasteiger partial charge in [0, 0.05) is 19.6 Å². The Balaban J connectivity index is 1.62. The molecule has 0 aromatic carbocycles. The summed E-state index contributed by atoms with van der Waals surface area (Å²) < 4.78 is 23.9. The SMILES string of the molecule is O=S1(=O)CC2(CC2)CC1C/C=C/NCCNCCO. The van der Waals surface area contributed by atoms with E-state index in [0.717, 1.165) is 32.4 Å². The Morgan fingerprint density at radius 2 is 2.05 bits per heavy atom. The third-order valence-corrected chi connectivity index (χ3v) is 6.39. The monoisotopic (exact) mass is 288 g/mol. The molecule has 3 N–H and O–H groups in total. The molecule has 0 radical (unpaired) electrons. The first kappa shape index (κ1) is 14.8. The Hall–Kier alpha value is -0.590. The van der Waals surface area contributed by atoms with E-state index in [1.807, 2.05) is 12.3 Å². The quantitative estimate of drug-likeness (QED) is 0.549. The maximum atomic E-state index is 12.0. The lowest BCUT2D eigenvalue weighted by Gasteiger charge is -2.06. The number of aliphatic hydroxyl groups excluding tert-OH is 1. The summed E-state index contributed by atoms with van der Waals surface area (Å²) >= 11 is 0. The van der Waals surface area contributed by atoms with Gasteiger partial charge in [0.25, 0.3) is 0 Å². The van der Waals surface area contributed by atoms with Crippen molar-refractivity contribution in [1.29, 1.82) is 0 Å². The number of hydrogen-bond acceptors (Lipinski definition) is 5. The molecule has 0 aromatic heterocycles. The molecule has 0 amide bonds. The molecule has 1 saturated heterocycles. The number of allylic oxidation sites excluding steroid dienone is 1. The minimum absolute atomic E-state index is 0.150. The van der Waals surface area contributed by atoms with Crippen LogP contribution < -0.4 is 10.6 Å². The molecule has 19 heavy (non-hydrogen) atoms. The van der Waals surface area contributed by atoms with Crippen molar-refractivity contribution < 1.29 is 13.5 Å². The first-order chi connectivity index (χ1) is 9.08. The topological polar surface area (TPSA) is 78.4 Å². The highest BCUT2D eigenvalue weighted by atomic mass is 32.2. The summed E-state index contributed by atoms with van der Waals surface area (Å²) in [5.41, 5.74) is 0.166. The largest absolute Gasteiger partial charge is 0.395 e. The molecule has 1 aliphatic heterocycles. The summed E-state index contributed by atoms with van der Waals surface area (Å²) in [5.74, 6) is 0.414. The van der Waals surface area contributed by atoms with Crippen molar-refractivity contribution in [2.45, 2.75) is 30.9 Å². The summed E-state index contributed by atoms with van der Waals surface area (Å²) in [6.45, 7) is 2.32. The highest BCUT2D eigenvalue weighted by Gasteiger charge is 2.55. The van der Waals surface area contributed by atoms with E-state index in [0.29, 0.717) is 18.7 Å². The van der Waals surface area contributed by atoms with Crippen molar-refractivity contribution in [3.05, 3.63) is 12.3 Å². The molecule has 2 aliphatic rings. The van der Waals surface area contributed by atoms with Crippen LogP contribution in [0.25, 0.3) is 0 Å². The van der Waals surface area contributed by atoms with Crippen molar-refractivity contribution in [2.75, 3.05) is 32.0 Å². The number of nitrogens with one attached hydrogen (secondary N) is 2. The molecule has 1 atom stereocenters. The van der Waals surface area contributed by atoms with Crippen LogP contribution in [0.2, 0.25) is 0 Å². The van der Waals surface area contributed by atoms with Crippen LogP contribution in [0.4, 0.5) is 0 Å². The van der Waals surface area contributed by atoms with E-state index < -0.39 is 9.84 Å². The van der Waals surface area contributed by atoms with Gasteiger partial charge in [-0.3, -0.25) is 0 Å². The Morgan fingerprint density at radius 3 is 2.68 bits per heavy atom. The zero-order chi connectivity index (χ0) is 13.8. The molecule has 0 bridgehead atoms. The van der Waals surface area contributed by atoms with E-state index in [1.165, 1.54) is 0 Å². The van der Waals surface area contributed by atoms with Crippen LogP contribution in [-0.2, 0) is 9.84 Å². The van der Waals surface area contributed by atoms with Crippen LogP contribution in [0.3, 0.4) is 0 Å². The minimum Gasteiger partial charge on any atom is -0.395 e. The summed E-state index contributed by atoms with van der Waals surface area (Å²) in [6, 6.07) is 0. The molecule has 1 heterocycles. The molecule has 1 saturated carbocycles. The average molecular weight is 288 g/mol. The van der Waals surface area contributed by atoms with Gasteiger partial charge in [-0.25, -0.2) is 8.42 Å². The molecule has 6 heteroatoms. The Morgan fingerprint density at radius 1 is 1.26 bits per heavy atom. The van der Waals surface area contributed by atoms with Crippen molar-refractivity contribution in [2.24, 2.45) is 5.41 Å². The fourth-order valence-corrected chi connectivity index (χ4v) is 5.23. The number of rotatable bonds is 8. The van der Waals surface area contributed by atoms with E-state index in [-0.39, 0.29) is 17.3 Å². The molecule has 2 fully saturated rings. The maximum absolute atomic E-state index is 12.0. The van der Waals surface area contributed by atoms with Gasteiger partial charge in [-0.15, -0.1) is 0 Å². The van der Waals surface area contributed by atoms with Gasteiger partial charge in [0.2, 0.25) is 0 Å². The normalized spacial score (nSPS) is 27.1. The minimum atomic E-state index is -2.86. The van der Waals surface area contributed by atoms with Gasteiger partial charge in [-0.2, -0.15) is 0 Å². The maximum Gasteiger partial charge on any atom is 0.154 e. The second-order valence-corrected chi connectivity index (χ2v) is 7.98. The van der Waals surface area contributed by atoms with Gasteiger partial charge < -0.3 is 15.7 Å². The van der Waals surface area contributed by atoms with Crippen LogP contribution in [0, 0.1) is 5.41 Å². The summed E-state index contributed by atoms with van der Waals surface area (Å²) in [4.78, 5) is 0.